The number of aromatic amines is 1. The van der Waals surface area contributed by atoms with E-state index in [2.05, 4.69) is 14.7 Å². The summed E-state index contributed by atoms with van der Waals surface area (Å²) in [7, 11) is -3.49. The molecule has 1 saturated carbocycles. The number of aryl methyl sites for hydroxylation is 1. The zero-order valence-corrected chi connectivity index (χ0v) is 11.9. The molecule has 2 N–H and O–H groups in total. The highest BCUT2D eigenvalue weighted by molar-refractivity contribution is 7.89. The van der Waals surface area contributed by atoms with Crippen molar-refractivity contribution in [1.29, 1.82) is 0 Å². The number of aromatic nitrogens is 2. The SMILES string of the molecule is Cc1ncc(S(=O)(=O)NCC2CCCCC2Cl)[nH]1. The third kappa shape index (κ3) is 3.24. The fourth-order valence-electron chi connectivity index (χ4n) is 2.22. The lowest BCUT2D eigenvalue weighted by atomic mass is 9.89. The highest BCUT2D eigenvalue weighted by atomic mass is 35.5. The van der Waals surface area contributed by atoms with E-state index >= 15 is 0 Å². The predicted molar refractivity (Wildman–Crippen MR) is 70.1 cm³/mol. The summed E-state index contributed by atoms with van der Waals surface area (Å²) >= 11 is 6.21. The summed E-state index contributed by atoms with van der Waals surface area (Å²) in [6, 6.07) is 0. The van der Waals surface area contributed by atoms with Gasteiger partial charge in [-0.05, 0) is 25.7 Å². The number of H-pyrrole nitrogens is 1. The lowest BCUT2D eigenvalue weighted by Gasteiger charge is -2.26. The molecule has 0 amide bonds. The van der Waals surface area contributed by atoms with Gasteiger partial charge in [0.1, 0.15) is 5.82 Å². The Bertz CT molecular complexity index is 500. The molecule has 18 heavy (non-hydrogen) atoms. The molecule has 0 bridgehead atoms. The molecule has 0 aromatic carbocycles. The zero-order chi connectivity index (χ0) is 13.2. The van der Waals surface area contributed by atoms with Gasteiger partial charge in [-0.1, -0.05) is 12.8 Å². The number of nitrogens with zero attached hydrogens (tertiary/aromatic N) is 1. The molecule has 1 aromatic rings. The number of halogens is 1. The maximum absolute atomic E-state index is 12.0. The maximum Gasteiger partial charge on any atom is 0.257 e. The molecule has 0 spiro atoms. The molecule has 2 rings (SSSR count). The molecule has 0 radical (unpaired) electrons. The average molecular weight is 292 g/mol. The van der Waals surface area contributed by atoms with Crippen LogP contribution in [-0.4, -0.2) is 30.3 Å². The largest absolute Gasteiger partial charge is 0.332 e. The van der Waals surface area contributed by atoms with Crippen molar-refractivity contribution < 1.29 is 8.42 Å². The van der Waals surface area contributed by atoms with Crippen LogP contribution in [0.1, 0.15) is 31.5 Å². The van der Waals surface area contributed by atoms with E-state index in [1.165, 1.54) is 6.20 Å². The lowest BCUT2D eigenvalue weighted by molar-refractivity contribution is 0.364. The number of imidazole rings is 1. The molecule has 2 atom stereocenters. The van der Waals surface area contributed by atoms with Gasteiger partial charge < -0.3 is 4.98 Å². The van der Waals surface area contributed by atoms with Gasteiger partial charge in [-0.2, -0.15) is 0 Å². The predicted octanol–water partition coefficient (Wildman–Crippen LogP) is 1.79. The average Bonchev–Trinajstić information content (AvgIpc) is 2.76. The van der Waals surface area contributed by atoms with Crippen LogP contribution < -0.4 is 4.72 Å². The van der Waals surface area contributed by atoms with Gasteiger partial charge in [0, 0.05) is 11.9 Å². The van der Waals surface area contributed by atoms with Crippen molar-refractivity contribution in [3.8, 4) is 0 Å². The second-order valence-corrected chi connectivity index (χ2v) is 7.04. The third-order valence-corrected chi connectivity index (χ3v) is 5.23. The van der Waals surface area contributed by atoms with E-state index in [4.69, 9.17) is 11.6 Å². The summed E-state index contributed by atoms with van der Waals surface area (Å²) in [5.41, 5.74) is 0. The van der Waals surface area contributed by atoms with Crippen molar-refractivity contribution >= 4 is 21.6 Å². The van der Waals surface area contributed by atoms with Crippen LogP contribution in [0.3, 0.4) is 0 Å². The van der Waals surface area contributed by atoms with Crippen LogP contribution in [-0.2, 0) is 10.0 Å². The molecule has 7 heteroatoms. The first-order valence-electron chi connectivity index (χ1n) is 6.14. The molecule has 1 fully saturated rings. The summed E-state index contributed by atoms with van der Waals surface area (Å²) in [4.78, 5) is 6.61. The van der Waals surface area contributed by atoms with E-state index in [0.29, 0.717) is 12.4 Å². The van der Waals surface area contributed by atoms with Crippen molar-refractivity contribution in [2.24, 2.45) is 5.92 Å². The molecule has 102 valence electrons. The van der Waals surface area contributed by atoms with Gasteiger partial charge in [0.25, 0.3) is 10.0 Å². The number of hydrogen-bond donors (Lipinski definition) is 2. The lowest BCUT2D eigenvalue weighted by Crippen LogP contribution is -2.34. The number of sulfonamides is 1. The van der Waals surface area contributed by atoms with Gasteiger partial charge in [-0.3, -0.25) is 0 Å². The number of nitrogens with one attached hydrogen (secondary N) is 2. The minimum absolute atomic E-state index is 0.0740. The Hall–Kier alpha value is -0.590. The van der Waals surface area contributed by atoms with Crippen LogP contribution in [0, 0.1) is 12.8 Å². The normalized spacial score (nSPS) is 25.2. The van der Waals surface area contributed by atoms with E-state index in [1.54, 1.807) is 6.92 Å². The molecule has 0 aliphatic heterocycles. The van der Waals surface area contributed by atoms with E-state index in [-0.39, 0.29) is 16.3 Å². The zero-order valence-electron chi connectivity index (χ0n) is 10.3. The Balaban J connectivity index is 1.96. The smallest absolute Gasteiger partial charge is 0.257 e. The van der Waals surface area contributed by atoms with Crippen molar-refractivity contribution in [1.82, 2.24) is 14.7 Å². The quantitative estimate of drug-likeness (QED) is 0.831. The maximum atomic E-state index is 12.0. The number of alkyl halides is 1. The van der Waals surface area contributed by atoms with Crippen LogP contribution >= 0.6 is 11.6 Å². The van der Waals surface area contributed by atoms with E-state index < -0.39 is 10.0 Å². The van der Waals surface area contributed by atoms with Crippen molar-refractivity contribution in [2.45, 2.75) is 43.0 Å². The van der Waals surface area contributed by atoms with Crippen molar-refractivity contribution in [3.63, 3.8) is 0 Å². The van der Waals surface area contributed by atoms with Gasteiger partial charge in [0.2, 0.25) is 0 Å². The van der Waals surface area contributed by atoms with Gasteiger partial charge in [-0.25, -0.2) is 18.1 Å². The van der Waals surface area contributed by atoms with Gasteiger partial charge in [-0.15, -0.1) is 11.6 Å². The summed E-state index contributed by atoms with van der Waals surface area (Å²) in [6.07, 6.45) is 5.54. The summed E-state index contributed by atoms with van der Waals surface area (Å²) in [5, 5.41) is 0.187. The Kier molecular flexibility index (Phi) is 4.29. The van der Waals surface area contributed by atoms with Gasteiger partial charge in [0.05, 0.1) is 6.20 Å². The number of rotatable bonds is 4. The standard InChI is InChI=1S/C11H18ClN3O2S/c1-8-13-7-11(15-8)18(16,17)14-6-9-4-2-3-5-10(9)12/h7,9-10,14H,2-6H2,1H3,(H,13,15). The topological polar surface area (TPSA) is 74.8 Å². The first kappa shape index (κ1) is 13.8. The van der Waals surface area contributed by atoms with Gasteiger partial charge >= 0.3 is 0 Å². The van der Waals surface area contributed by atoms with Crippen LogP contribution in [0.4, 0.5) is 0 Å². The third-order valence-electron chi connectivity index (χ3n) is 3.32. The monoisotopic (exact) mass is 291 g/mol. The second kappa shape index (κ2) is 5.59. The first-order chi connectivity index (χ1) is 8.49. The second-order valence-electron chi connectivity index (χ2n) is 4.75. The Morgan fingerprint density at radius 2 is 2.22 bits per heavy atom. The Morgan fingerprint density at radius 3 is 2.83 bits per heavy atom. The molecule has 1 aromatic heterocycles. The van der Waals surface area contributed by atoms with Crippen LogP contribution in [0.25, 0.3) is 0 Å². The molecule has 5 nitrogen and oxygen atoms in total. The molecule has 1 heterocycles. The minimum Gasteiger partial charge on any atom is -0.332 e. The Morgan fingerprint density at radius 1 is 1.50 bits per heavy atom. The number of hydrogen-bond acceptors (Lipinski definition) is 3. The fourth-order valence-corrected chi connectivity index (χ4v) is 3.65. The molecular formula is C11H18ClN3O2S. The Labute approximate surface area is 112 Å². The van der Waals surface area contributed by atoms with Crippen LogP contribution in [0.5, 0.6) is 0 Å². The minimum atomic E-state index is -3.49. The first-order valence-corrected chi connectivity index (χ1v) is 8.06. The summed E-state index contributed by atoms with van der Waals surface area (Å²) < 4.78 is 26.5. The van der Waals surface area contributed by atoms with Crippen LogP contribution in [0.2, 0.25) is 0 Å². The molecule has 2 unspecified atom stereocenters. The van der Waals surface area contributed by atoms with E-state index in [9.17, 15) is 8.42 Å². The summed E-state index contributed by atoms with van der Waals surface area (Å²) in [5.74, 6) is 0.808. The van der Waals surface area contributed by atoms with Crippen molar-refractivity contribution in [2.75, 3.05) is 6.54 Å². The highest BCUT2D eigenvalue weighted by Crippen LogP contribution is 2.28. The molecule has 1 aliphatic rings. The molecule has 1 aliphatic carbocycles. The van der Waals surface area contributed by atoms with Gasteiger partial charge in [0.15, 0.2) is 5.03 Å². The molecule has 0 saturated heterocycles. The van der Waals surface area contributed by atoms with E-state index in [0.717, 1.165) is 25.7 Å². The van der Waals surface area contributed by atoms with Crippen molar-refractivity contribution in [3.05, 3.63) is 12.0 Å². The fraction of sp³-hybridized carbons (Fsp3) is 0.727. The summed E-state index contributed by atoms with van der Waals surface area (Å²) in [6.45, 7) is 2.11. The molecular weight excluding hydrogens is 274 g/mol. The highest BCUT2D eigenvalue weighted by Gasteiger charge is 2.25. The van der Waals surface area contributed by atoms with E-state index in [1.807, 2.05) is 0 Å². The van der Waals surface area contributed by atoms with Crippen LogP contribution in [0.15, 0.2) is 11.2 Å².